The minimum absolute atomic E-state index is 0.0725. The number of halogens is 2. The zero-order valence-corrected chi connectivity index (χ0v) is 42.1. The summed E-state index contributed by atoms with van der Waals surface area (Å²) in [5, 5.41) is 14.0. The van der Waals surface area contributed by atoms with Gasteiger partial charge in [0.2, 0.25) is 17.8 Å². The van der Waals surface area contributed by atoms with Crippen LogP contribution in [0.1, 0.15) is 46.4 Å². The predicted octanol–water partition coefficient (Wildman–Crippen LogP) is 7.38. The molecule has 71 heavy (non-hydrogen) atoms. The summed E-state index contributed by atoms with van der Waals surface area (Å²) < 4.78 is 36.8. The highest BCUT2D eigenvalue weighted by molar-refractivity contribution is 9.10. The number of hydrogen-bond acceptors (Lipinski definition) is 14. The van der Waals surface area contributed by atoms with Crippen LogP contribution in [0.2, 0.25) is 0 Å². The van der Waals surface area contributed by atoms with Crippen molar-refractivity contribution in [2.45, 2.75) is 37.8 Å². The highest BCUT2D eigenvalue weighted by atomic mass is 79.9. The van der Waals surface area contributed by atoms with Gasteiger partial charge in [0.1, 0.15) is 30.6 Å². The maximum absolute atomic E-state index is 14.8. The molecule has 6 heterocycles. The summed E-state index contributed by atoms with van der Waals surface area (Å²) >= 11 is 3.59. The number of piperazine rings is 1. The van der Waals surface area contributed by atoms with Crippen molar-refractivity contribution in [1.82, 2.24) is 34.9 Å². The number of imide groups is 2. The molecule has 0 bridgehead atoms. The summed E-state index contributed by atoms with van der Waals surface area (Å²) in [6, 6.07) is 20.6. The zero-order valence-electron chi connectivity index (χ0n) is 39.6. The molecule has 0 aliphatic carbocycles. The number of fused-ring (bicyclic) bond motifs is 1. The average molecular weight is 1040 g/mol. The molecule has 0 saturated carbocycles. The molecule has 1 unspecified atom stereocenters. The number of aryl methyl sites for hydroxylation is 1. The molecule has 3 saturated heterocycles. The molecule has 6 aromatic rings. The molecule has 4 aliphatic rings. The number of hydrogen-bond donors (Lipinski definition) is 3. The maximum Gasteiger partial charge on any atom is 0.262 e. The van der Waals surface area contributed by atoms with Crippen molar-refractivity contribution in [3.8, 4) is 28.0 Å². The molecule has 3 N–H and O–H groups in total. The fourth-order valence-electron chi connectivity index (χ4n) is 10.1. The van der Waals surface area contributed by atoms with Gasteiger partial charge in [-0.1, -0.05) is 24.3 Å². The Kier molecular flexibility index (Phi) is 13.0. The normalized spacial score (nSPS) is 17.9. The van der Waals surface area contributed by atoms with Crippen LogP contribution in [0.15, 0.2) is 95.9 Å². The van der Waals surface area contributed by atoms with Gasteiger partial charge in [-0.3, -0.25) is 39.0 Å². The van der Waals surface area contributed by atoms with Gasteiger partial charge >= 0.3 is 0 Å². The predicted molar refractivity (Wildman–Crippen MR) is 275 cm³/mol. The number of carbonyl (C=O) groups is 4. The number of carbonyl (C=O) groups excluding carboxylic acids is 4. The molecule has 0 radical (unpaired) electrons. The number of benzene rings is 4. The van der Waals surface area contributed by atoms with E-state index in [9.17, 15) is 28.1 Å². The Morgan fingerprint density at radius 1 is 0.789 bits per heavy atom. The molecule has 366 valence electrons. The average Bonchev–Trinajstić information content (AvgIpc) is 3.91. The third-order valence-electron chi connectivity index (χ3n) is 13.8. The molecule has 20 heteroatoms. The lowest BCUT2D eigenvalue weighted by Gasteiger charge is -2.44. The van der Waals surface area contributed by atoms with Crippen LogP contribution < -0.4 is 35.8 Å². The third kappa shape index (κ3) is 9.53. The number of nitrogens with zero attached hydrogens (tertiary/aromatic N) is 8. The third-order valence-corrected chi connectivity index (χ3v) is 15.9. The summed E-state index contributed by atoms with van der Waals surface area (Å²) in [6.07, 6.45) is 7.54. The summed E-state index contributed by atoms with van der Waals surface area (Å²) in [4.78, 5) is 68.7. The largest absolute Gasteiger partial charge is 0.494 e. The first kappa shape index (κ1) is 47.7. The first-order chi connectivity index (χ1) is 34.1. The Hall–Kier alpha value is -6.95. The minimum Gasteiger partial charge on any atom is -0.494 e. The quantitative estimate of drug-likeness (QED) is 0.0814. The fraction of sp³-hybridized carbons (Fsp3) is 0.314. The number of nitrogens with one attached hydrogen (secondary N) is 3. The second-order valence-electron chi connectivity index (χ2n) is 18.6. The van der Waals surface area contributed by atoms with Crippen molar-refractivity contribution < 1.29 is 32.9 Å². The molecule has 4 aromatic carbocycles. The van der Waals surface area contributed by atoms with E-state index >= 15 is 0 Å². The molecular formula is C51H52BrFN11O6P. The highest BCUT2D eigenvalue weighted by Crippen LogP contribution is 2.43. The van der Waals surface area contributed by atoms with Crippen LogP contribution >= 0.6 is 23.1 Å². The van der Waals surface area contributed by atoms with E-state index in [1.54, 1.807) is 79.8 Å². The topological polar surface area (TPSA) is 187 Å². The molecule has 3 fully saturated rings. The maximum atomic E-state index is 14.8. The van der Waals surface area contributed by atoms with E-state index in [0.29, 0.717) is 49.9 Å². The number of amides is 4. The smallest absolute Gasteiger partial charge is 0.262 e. The second-order valence-corrected chi connectivity index (χ2v) is 22.6. The van der Waals surface area contributed by atoms with Crippen molar-refractivity contribution >= 4 is 86.5 Å². The van der Waals surface area contributed by atoms with Gasteiger partial charge in [-0.05, 0) is 96.6 Å². The van der Waals surface area contributed by atoms with Gasteiger partial charge in [0.05, 0.1) is 40.3 Å². The van der Waals surface area contributed by atoms with Crippen molar-refractivity contribution in [3.05, 3.63) is 113 Å². The summed E-state index contributed by atoms with van der Waals surface area (Å²) in [5.41, 5.74) is 6.57. The Bertz CT molecular complexity index is 3170. The SMILES string of the molecule is COc1cc(N2CCC(N3CCN(c4ccc5c(c4)C(=O)N(C4CCC(=O)NC4=O)C5=O)CC3)CC2)c(-c2cnn(C)c2)cc1Nc1ncc(Br)c(Nc2ccc(-c3ccccc3F)cc2P(C)(C)=O)n1. The van der Waals surface area contributed by atoms with Gasteiger partial charge in [0.15, 0.2) is 0 Å². The van der Waals surface area contributed by atoms with Gasteiger partial charge in [-0.2, -0.15) is 10.1 Å². The molecule has 2 aromatic heterocycles. The fourth-order valence-corrected chi connectivity index (χ4v) is 11.5. The van der Waals surface area contributed by atoms with Crippen LogP contribution in [-0.4, -0.2) is 125 Å². The van der Waals surface area contributed by atoms with E-state index in [4.69, 9.17) is 9.72 Å². The van der Waals surface area contributed by atoms with Gasteiger partial charge in [-0.25, -0.2) is 9.37 Å². The van der Waals surface area contributed by atoms with Gasteiger partial charge in [0, 0.05) is 111 Å². The molecule has 4 aliphatic heterocycles. The lowest BCUT2D eigenvalue weighted by Crippen LogP contribution is -2.54. The molecule has 10 rings (SSSR count). The minimum atomic E-state index is -2.86. The first-order valence-electron chi connectivity index (χ1n) is 23.4. The Labute approximate surface area is 418 Å². The van der Waals surface area contributed by atoms with Crippen LogP contribution in [0.25, 0.3) is 22.3 Å². The van der Waals surface area contributed by atoms with Crippen LogP contribution in [-0.2, 0) is 21.2 Å². The van der Waals surface area contributed by atoms with E-state index < -0.39 is 36.8 Å². The molecule has 17 nitrogen and oxygen atoms in total. The zero-order chi connectivity index (χ0) is 49.7. The van der Waals surface area contributed by atoms with Crippen molar-refractivity contribution in [2.24, 2.45) is 7.05 Å². The second kappa shape index (κ2) is 19.3. The highest BCUT2D eigenvalue weighted by Gasteiger charge is 2.45. The molecule has 0 spiro atoms. The van der Waals surface area contributed by atoms with Crippen molar-refractivity contribution in [3.63, 3.8) is 0 Å². The monoisotopic (exact) mass is 1040 g/mol. The first-order valence-corrected chi connectivity index (χ1v) is 26.8. The van der Waals surface area contributed by atoms with E-state index in [1.165, 1.54) is 6.07 Å². The van der Waals surface area contributed by atoms with Crippen LogP contribution in [0.4, 0.5) is 38.9 Å². The number of aromatic nitrogens is 4. The van der Waals surface area contributed by atoms with E-state index in [1.807, 2.05) is 37.6 Å². The Morgan fingerprint density at radius 2 is 1.55 bits per heavy atom. The number of ether oxygens (including phenoxy) is 1. The van der Waals surface area contributed by atoms with Crippen LogP contribution in [0.3, 0.4) is 0 Å². The number of methoxy groups -OCH3 is 1. The van der Waals surface area contributed by atoms with E-state index in [2.05, 4.69) is 56.7 Å². The Balaban J connectivity index is 0.822. The number of rotatable bonds is 12. The molecule has 4 amide bonds. The number of anilines is 6. The molecular weight excluding hydrogens is 993 g/mol. The van der Waals surface area contributed by atoms with Crippen molar-refractivity contribution in [1.29, 1.82) is 0 Å². The van der Waals surface area contributed by atoms with Crippen LogP contribution in [0, 0.1) is 5.82 Å². The van der Waals surface area contributed by atoms with Gasteiger partial charge in [0.25, 0.3) is 11.8 Å². The molecule has 1 atom stereocenters. The number of piperidine rings is 2. The van der Waals surface area contributed by atoms with Gasteiger partial charge in [-0.15, -0.1) is 0 Å². The van der Waals surface area contributed by atoms with Crippen molar-refractivity contribution in [2.75, 3.05) is 80.1 Å². The van der Waals surface area contributed by atoms with Gasteiger partial charge < -0.3 is 29.7 Å². The van der Waals surface area contributed by atoms with E-state index in [0.717, 1.165) is 79.5 Å². The lowest BCUT2D eigenvalue weighted by atomic mass is 9.98. The summed E-state index contributed by atoms with van der Waals surface area (Å²) in [6.45, 7) is 8.16. The summed E-state index contributed by atoms with van der Waals surface area (Å²) in [7, 11) is 0.662. The van der Waals surface area contributed by atoms with Crippen LogP contribution in [0.5, 0.6) is 5.75 Å². The Morgan fingerprint density at radius 3 is 2.25 bits per heavy atom. The standard InChI is InChI=1S/C51H52BrFN11O6P/c1-60-29-31(27-55-60)36-25-41(57-51-54-28-38(52)47(59-51)56-40-12-9-30(23-45(40)71(3,4)69)34-7-5-6-8-39(34)53)44(70-2)26-43(36)63-17-15-32(16-18-63)61-19-21-62(22-20-61)33-10-11-35-37(24-33)50(68)64(49(35)67)42-13-14-46(65)58-48(42)66/h5-12,23-29,32,42H,13-22H2,1-4H3,(H,58,65,66)(H2,54,56,57,59). The lowest BCUT2D eigenvalue weighted by molar-refractivity contribution is -0.136. The van der Waals surface area contributed by atoms with E-state index in [-0.39, 0.29) is 35.7 Å². The summed E-state index contributed by atoms with van der Waals surface area (Å²) in [5.74, 6) is -1.09.